The van der Waals surface area contributed by atoms with Crippen molar-refractivity contribution in [2.24, 2.45) is 0 Å². The van der Waals surface area contributed by atoms with Crippen LogP contribution in [0.15, 0.2) is 30.3 Å². The molecular weight excluding hydrogens is 281 g/mol. The minimum absolute atomic E-state index is 0.552. The third-order valence-corrected chi connectivity index (χ3v) is 3.47. The molecule has 0 aliphatic heterocycles. The highest BCUT2D eigenvalue weighted by Crippen LogP contribution is 2.38. The van der Waals surface area contributed by atoms with Crippen LogP contribution in [0.25, 0.3) is 11.1 Å². The van der Waals surface area contributed by atoms with E-state index in [9.17, 15) is 0 Å². The molecule has 0 radical (unpaired) electrons. The lowest BCUT2D eigenvalue weighted by atomic mass is 10.00. The fraction of sp³-hybridized carbons (Fsp3) is 0.200. The van der Waals surface area contributed by atoms with Crippen LogP contribution in [0.2, 0.25) is 10.0 Å². The molecule has 0 unspecified atom stereocenters. The van der Waals surface area contributed by atoms with Crippen molar-refractivity contribution in [3.63, 3.8) is 0 Å². The van der Waals surface area contributed by atoms with E-state index in [1.807, 2.05) is 38.1 Å². The van der Waals surface area contributed by atoms with E-state index in [1.54, 1.807) is 6.07 Å². The molecule has 0 aliphatic rings. The average Bonchev–Trinajstić information content (AvgIpc) is 2.34. The third kappa shape index (κ3) is 2.96. The van der Waals surface area contributed by atoms with Crippen molar-refractivity contribution in [1.29, 1.82) is 0 Å². The van der Waals surface area contributed by atoms with Gasteiger partial charge in [0, 0.05) is 17.3 Å². The zero-order chi connectivity index (χ0) is 14.0. The van der Waals surface area contributed by atoms with Gasteiger partial charge in [0.15, 0.2) is 0 Å². The minimum Gasteiger partial charge on any atom is -0.492 e. The van der Waals surface area contributed by atoms with Crippen molar-refractivity contribution in [2.75, 3.05) is 12.3 Å². The SMILES string of the molecule is CCOc1cc(Cl)c(-c2ccc(N)cc2C)cc1Cl. The molecule has 4 heteroatoms. The van der Waals surface area contributed by atoms with Gasteiger partial charge >= 0.3 is 0 Å². The number of ether oxygens (including phenoxy) is 1. The summed E-state index contributed by atoms with van der Waals surface area (Å²) >= 11 is 12.5. The van der Waals surface area contributed by atoms with Gasteiger partial charge in [0.2, 0.25) is 0 Å². The highest BCUT2D eigenvalue weighted by Gasteiger charge is 2.11. The van der Waals surface area contributed by atoms with E-state index in [1.165, 1.54) is 0 Å². The van der Waals surface area contributed by atoms with Crippen LogP contribution in [0.3, 0.4) is 0 Å². The van der Waals surface area contributed by atoms with E-state index in [2.05, 4.69) is 0 Å². The second kappa shape index (κ2) is 5.72. The Balaban J connectivity index is 2.53. The molecule has 0 saturated carbocycles. The van der Waals surface area contributed by atoms with Crippen LogP contribution >= 0.6 is 23.2 Å². The minimum atomic E-state index is 0.552. The molecule has 2 N–H and O–H groups in total. The first-order valence-electron chi connectivity index (χ1n) is 6.01. The third-order valence-electron chi connectivity index (χ3n) is 2.86. The van der Waals surface area contributed by atoms with Crippen molar-refractivity contribution < 1.29 is 4.74 Å². The number of benzene rings is 2. The monoisotopic (exact) mass is 295 g/mol. The van der Waals surface area contributed by atoms with Crippen LogP contribution < -0.4 is 10.5 Å². The molecule has 2 aromatic carbocycles. The summed E-state index contributed by atoms with van der Waals surface area (Å²) in [5.74, 6) is 0.603. The molecule has 0 heterocycles. The molecule has 0 aliphatic carbocycles. The van der Waals surface area contributed by atoms with Gasteiger partial charge in [-0.3, -0.25) is 0 Å². The van der Waals surface area contributed by atoms with Crippen LogP contribution in [-0.4, -0.2) is 6.61 Å². The van der Waals surface area contributed by atoms with E-state index >= 15 is 0 Å². The summed E-state index contributed by atoms with van der Waals surface area (Å²) in [6.07, 6.45) is 0. The van der Waals surface area contributed by atoms with Gasteiger partial charge in [-0.25, -0.2) is 0 Å². The maximum atomic E-state index is 6.31. The lowest BCUT2D eigenvalue weighted by Gasteiger charge is -2.12. The summed E-state index contributed by atoms with van der Waals surface area (Å²) in [5.41, 5.74) is 9.45. The van der Waals surface area contributed by atoms with E-state index < -0.39 is 0 Å². The van der Waals surface area contributed by atoms with Crippen LogP contribution in [0.1, 0.15) is 12.5 Å². The normalized spacial score (nSPS) is 10.5. The summed E-state index contributed by atoms with van der Waals surface area (Å²) < 4.78 is 5.42. The van der Waals surface area contributed by atoms with Gasteiger partial charge in [-0.2, -0.15) is 0 Å². The number of nitrogens with two attached hydrogens (primary N) is 1. The molecule has 0 saturated heterocycles. The first-order valence-corrected chi connectivity index (χ1v) is 6.77. The molecule has 0 fully saturated rings. The summed E-state index contributed by atoms with van der Waals surface area (Å²) in [7, 11) is 0. The number of anilines is 1. The topological polar surface area (TPSA) is 35.2 Å². The van der Waals surface area contributed by atoms with Crippen molar-refractivity contribution in [3.05, 3.63) is 45.9 Å². The smallest absolute Gasteiger partial charge is 0.139 e. The number of halogens is 2. The number of hydrogen-bond acceptors (Lipinski definition) is 2. The first-order chi connectivity index (χ1) is 9.02. The fourth-order valence-corrected chi connectivity index (χ4v) is 2.46. The number of rotatable bonds is 3. The quantitative estimate of drug-likeness (QED) is 0.813. The molecule has 2 rings (SSSR count). The van der Waals surface area contributed by atoms with Crippen LogP contribution in [0.5, 0.6) is 5.75 Å². The average molecular weight is 296 g/mol. The number of hydrogen-bond donors (Lipinski definition) is 1. The van der Waals surface area contributed by atoms with E-state index in [0.29, 0.717) is 22.4 Å². The Morgan fingerprint density at radius 2 is 1.79 bits per heavy atom. The van der Waals surface area contributed by atoms with Crippen molar-refractivity contribution >= 4 is 28.9 Å². The van der Waals surface area contributed by atoms with E-state index in [4.69, 9.17) is 33.7 Å². The first kappa shape index (κ1) is 14.0. The lowest BCUT2D eigenvalue weighted by Crippen LogP contribution is -1.94. The standard InChI is InChI=1S/C15H15Cl2NO/c1-3-19-15-8-13(16)12(7-14(15)17)11-5-4-10(18)6-9(11)2/h4-8H,3,18H2,1-2H3. The Hall–Kier alpha value is -1.38. The summed E-state index contributed by atoms with van der Waals surface area (Å²) in [6.45, 7) is 4.45. The van der Waals surface area contributed by atoms with Gasteiger partial charge < -0.3 is 10.5 Å². The zero-order valence-electron chi connectivity index (χ0n) is 10.8. The van der Waals surface area contributed by atoms with Gasteiger partial charge in [0.05, 0.1) is 16.7 Å². The Kier molecular flexibility index (Phi) is 4.23. The molecule has 0 atom stereocenters. The molecule has 0 spiro atoms. The Bertz CT molecular complexity index is 611. The van der Waals surface area contributed by atoms with Crippen molar-refractivity contribution in [3.8, 4) is 16.9 Å². The maximum absolute atomic E-state index is 6.31. The highest BCUT2D eigenvalue weighted by atomic mass is 35.5. The van der Waals surface area contributed by atoms with E-state index in [0.717, 1.165) is 22.4 Å². The van der Waals surface area contributed by atoms with Gasteiger partial charge in [0.25, 0.3) is 0 Å². The van der Waals surface area contributed by atoms with Gasteiger partial charge in [0.1, 0.15) is 5.75 Å². The second-order valence-electron chi connectivity index (χ2n) is 4.27. The maximum Gasteiger partial charge on any atom is 0.139 e. The number of nitrogen functional groups attached to an aromatic ring is 1. The highest BCUT2D eigenvalue weighted by molar-refractivity contribution is 6.36. The molecule has 2 nitrogen and oxygen atoms in total. The van der Waals surface area contributed by atoms with E-state index in [-0.39, 0.29) is 0 Å². The second-order valence-corrected chi connectivity index (χ2v) is 5.08. The number of aryl methyl sites for hydroxylation is 1. The summed E-state index contributed by atoms with van der Waals surface area (Å²) in [6, 6.07) is 9.29. The largest absolute Gasteiger partial charge is 0.492 e. The molecule has 0 bridgehead atoms. The Morgan fingerprint density at radius 3 is 2.42 bits per heavy atom. The lowest BCUT2D eigenvalue weighted by molar-refractivity contribution is 0.340. The summed E-state index contributed by atoms with van der Waals surface area (Å²) in [5, 5.41) is 1.16. The molecule has 0 amide bonds. The predicted octanol–water partition coefficient (Wildman–Crippen LogP) is 4.95. The Morgan fingerprint density at radius 1 is 1.05 bits per heavy atom. The predicted molar refractivity (Wildman–Crippen MR) is 82.2 cm³/mol. The van der Waals surface area contributed by atoms with Gasteiger partial charge in [-0.1, -0.05) is 29.3 Å². The van der Waals surface area contributed by atoms with Gasteiger partial charge in [-0.05, 0) is 43.2 Å². The fourth-order valence-electron chi connectivity index (χ4n) is 1.99. The van der Waals surface area contributed by atoms with Crippen molar-refractivity contribution in [1.82, 2.24) is 0 Å². The van der Waals surface area contributed by atoms with Crippen LogP contribution in [-0.2, 0) is 0 Å². The molecular formula is C15H15Cl2NO. The molecule has 19 heavy (non-hydrogen) atoms. The van der Waals surface area contributed by atoms with Gasteiger partial charge in [-0.15, -0.1) is 0 Å². The van der Waals surface area contributed by atoms with Crippen LogP contribution in [0, 0.1) is 6.92 Å². The summed E-state index contributed by atoms with van der Waals surface area (Å²) in [4.78, 5) is 0. The molecule has 0 aromatic heterocycles. The van der Waals surface area contributed by atoms with Crippen LogP contribution in [0.4, 0.5) is 5.69 Å². The Labute approximate surface area is 123 Å². The zero-order valence-corrected chi connectivity index (χ0v) is 12.3. The van der Waals surface area contributed by atoms with Crippen molar-refractivity contribution in [2.45, 2.75) is 13.8 Å². The molecule has 100 valence electrons. The molecule has 2 aromatic rings.